The zero-order chi connectivity index (χ0) is 17.9. The molecule has 0 radical (unpaired) electrons. The number of aromatic nitrogens is 1. The Balaban J connectivity index is 1.38. The number of nitrogens with zero attached hydrogens (tertiary/aromatic N) is 2. The van der Waals surface area contributed by atoms with Crippen molar-refractivity contribution in [3.05, 3.63) is 59.1 Å². The molecule has 0 unspecified atom stereocenters. The lowest BCUT2D eigenvalue weighted by molar-refractivity contribution is -0.117. The number of ether oxygens (including phenoxy) is 1. The Hall–Kier alpha value is -2.73. The van der Waals surface area contributed by atoms with Crippen molar-refractivity contribution in [3.8, 4) is 0 Å². The van der Waals surface area contributed by atoms with Gasteiger partial charge in [-0.05, 0) is 36.8 Å². The van der Waals surface area contributed by atoms with Crippen molar-refractivity contribution in [3.63, 3.8) is 0 Å². The zero-order valence-electron chi connectivity index (χ0n) is 14.2. The summed E-state index contributed by atoms with van der Waals surface area (Å²) in [6.07, 6.45) is 2.02. The van der Waals surface area contributed by atoms with E-state index in [2.05, 4.69) is 4.98 Å². The Morgan fingerprint density at radius 2 is 2.08 bits per heavy atom. The average Bonchev–Trinajstić information content (AvgIpc) is 3.27. The molecule has 0 atom stereocenters. The van der Waals surface area contributed by atoms with Gasteiger partial charge in [-0.1, -0.05) is 18.2 Å². The maximum absolute atomic E-state index is 12.3. The van der Waals surface area contributed by atoms with Crippen molar-refractivity contribution in [1.82, 2.24) is 4.98 Å². The van der Waals surface area contributed by atoms with Gasteiger partial charge in [0.15, 0.2) is 0 Å². The predicted molar refractivity (Wildman–Crippen MR) is 102 cm³/mol. The summed E-state index contributed by atoms with van der Waals surface area (Å²) >= 11 is 1.62. The second-order valence-electron chi connectivity index (χ2n) is 6.16. The quantitative estimate of drug-likeness (QED) is 0.644. The molecule has 0 bridgehead atoms. The van der Waals surface area contributed by atoms with Gasteiger partial charge in [-0.25, -0.2) is 9.78 Å². The highest BCUT2D eigenvalue weighted by Gasteiger charge is 2.22. The SMILES string of the molecule is O=C(OCCc1nc2ccccc2s1)c1cccc(N2CCCC2=O)c1. The van der Waals surface area contributed by atoms with Gasteiger partial charge in [-0.3, -0.25) is 4.79 Å². The van der Waals surface area contributed by atoms with Gasteiger partial charge in [0.1, 0.15) is 0 Å². The smallest absolute Gasteiger partial charge is 0.338 e. The topological polar surface area (TPSA) is 59.5 Å². The van der Waals surface area contributed by atoms with E-state index in [1.54, 1.807) is 34.4 Å². The second kappa shape index (κ2) is 7.25. The van der Waals surface area contributed by atoms with E-state index in [1.165, 1.54) is 0 Å². The molecule has 0 aliphatic carbocycles. The summed E-state index contributed by atoms with van der Waals surface area (Å²) in [4.78, 5) is 30.4. The number of para-hydroxylation sites is 1. The molecule has 1 amide bonds. The number of anilines is 1. The molecule has 0 spiro atoms. The lowest BCUT2D eigenvalue weighted by atomic mass is 10.2. The molecule has 1 aliphatic heterocycles. The minimum atomic E-state index is -0.375. The van der Waals surface area contributed by atoms with Crippen LogP contribution in [-0.2, 0) is 16.0 Å². The third kappa shape index (κ3) is 3.46. The highest BCUT2D eigenvalue weighted by atomic mass is 32.1. The molecule has 0 saturated carbocycles. The molecule has 26 heavy (non-hydrogen) atoms. The van der Waals surface area contributed by atoms with Gasteiger partial charge in [0.05, 0.1) is 27.4 Å². The van der Waals surface area contributed by atoms with Gasteiger partial charge < -0.3 is 9.64 Å². The number of hydrogen-bond acceptors (Lipinski definition) is 5. The van der Waals surface area contributed by atoms with Crippen molar-refractivity contribution in [2.45, 2.75) is 19.3 Å². The van der Waals surface area contributed by atoms with Crippen LogP contribution in [0.4, 0.5) is 5.69 Å². The molecule has 1 fully saturated rings. The van der Waals surface area contributed by atoms with Crippen LogP contribution >= 0.6 is 11.3 Å². The van der Waals surface area contributed by atoms with E-state index in [9.17, 15) is 9.59 Å². The lowest BCUT2D eigenvalue weighted by Gasteiger charge is -2.16. The summed E-state index contributed by atoms with van der Waals surface area (Å²) in [6, 6.07) is 15.0. The summed E-state index contributed by atoms with van der Waals surface area (Å²) in [5.74, 6) is -0.272. The normalized spacial score (nSPS) is 14.2. The molecular weight excluding hydrogens is 348 g/mol. The van der Waals surface area contributed by atoms with Crippen LogP contribution < -0.4 is 4.90 Å². The molecule has 2 heterocycles. The Kier molecular flexibility index (Phi) is 4.67. The largest absolute Gasteiger partial charge is 0.462 e. The van der Waals surface area contributed by atoms with E-state index in [-0.39, 0.29) is 18.5 Å². The van der Waals surface area contributed by atoms with E-state index in [1.807, 2.05) is 30.3 Å². The Labute approximate surface area is 155 Å². The maximum atomic E-state index is 12.3. The molecule has 4 rings (SSSR count). The molecule has 2 aromatic carbocycles. The monoisotopic (exact) mass is 366 g/mol. The Bertz CT molecular complexity index is 933. The summed E-state index contributed by atoms with van der Waals surface area (Å²) in [5.41, 5.74) is 2.20. The first-order chi connectivity index (χ1) is 12.7. The van der Waals surface area contributed by atoms with Crippen molar-refractivity contribution in [2.24, 2.45) is 0 Å². The number of carbonyl (C=O) groups is 2. The van der Waals surface area contributed by atoms with E-state index >= 15 is 0 Å². The molecule has 0 N–H and O–H groups in total. The molecule has 132 valence electrons. The Morgan fingerprint density at radius 1 is 1.19 bits per heavy atom. The molecular formula is C20H18N2O3S. The summed E-state index contributed by atoms with van der Waals surface area (Å²) in [5, 5.41) is 0.954. The van der Waals surface area contributed by atoms with Gasteiger partial charge in [-0.2, -0.15) is 0 Å². The fraction of sp³-hybridized carbons (Fsp3) is 0.250. The molecule has 1 saturated heterocycles. The first-order valence-electron chi connectivity index (χ1n) is 8.63. The minimum absolute atomic E-state index is 0.103. The standard InChI is InChI=1S/C20H18N2O3S/c23-19-9-4-11-22(19)15-6-3-5-14(13-15)20(24)25-12-10-18-21-16-7-1-2-8-17(16)26-18/h1-3,5-8,13H,4,9-12H2. The third-order valence-electron chi connectivity index (χ3n) is 4.35. The number of hydrogen-bond donors (Lipinski definition) is 0. The fourth-order valence-corrected chi connectivity index (χ4v) is 4.01. The zero-order valence-corrected chi connectivity index (χ0v) is 15.0. The van der Waals surface area contributed by atoms with Gasteiger partial charge in [0, 0.05) is 25.1 Å². The van der Waals surface area contributed by atoms with Gasteiger partial charge in [-0.15, -0.1) is 11.3 Å². The van der Waals surface area contributed by atoms with Crippen LogP contribution in [0.5, 0.6) is 0 Å². The first-order valence-corrected chi connectivity index (χ1v) is 9.44. The average molecular weight is 366 g/mol. The molecule has 3 aromatic rings. The lowest BCUT2D eigenvalue weighted by Crippen LogP contribution is -2.23. The summed E-state index contributed by atoms with van der Waals surface area (Å²) in [6.45, 7) is 0.987. The number of fused-ring (bicyclic) bond motifs is 1. The van der Waals surface area contributed by atoms with Crippen LogP contribution in [-0.4, -0.2) is 30.0 Å². The van der Waals surface area contributed by atoms with Crippen LogP contribution in [0.2, 0.25) is 0 Å². The second-order valence-corrected chi connectivity index (χ2v) is 7.28. The number of amides is 1. The molecule has 5 nitrogen and oxygen atoms in total. The molecule has 1 aromatic heterocycles. The maximum Gasteiger partial charge on any atom is 0.338 e. The van der Waals surface area contributed by atoms with Crippen molar-refractivity contribution < 1.29 is 14.3 Å². The number of rotatable bonds is 5. The van der Waals surface area contributed by atoms with Crippen LogP contribution in [0.1, 0.15) is 28.2 Å². The van der Waals surface area contributed by atoms with E-state index in [0.29, 0.717) is 24.9 Å². The van der Waals surface area contributed by atoms with Crippen LogP contribution in [0, 0.1) is 0 Å². The number of benzene rings is 2. The predicted octanol–water partition coefficient (Wildman–Crippen LogP) is 3.82. The van der Waals surface area contributed by atoms with E-state index in [0.717, 1.165) is 27.3 Å². The molecule has 1 aliphatic rings. The van der Waals surface area contributed by atoms with Crippen LogP contribution in [0.3, 0.4) is 0 Å². The van der Waals surface area contributed by atoms with Crippen LogP contribution in [0.15, 0.2) is 48.5 Å². The number of esters is 1. The van der Waals surface area contributed by atoms with Crippen molar-refractivity contribution in [1.29, 1.82) is 0 Å². The third-order valence-corrected chi connectivity index (χ3v) is 5.45. The highest BCUT2D eigenvalue weighted by Crippen LogP contribution is 2.23. The van der Waals surface area contributed by atoms with Crippen molar-refractivity contribution >= 4 is 39.1 Å². The van der Waals surface area contributed by atoms with E-state index in [4.69, 9.17) is 4.74 Å². The highest BCUT2D eigenvalue weighted by molar-refractivity contribution is 7.18. The van der Waals surface area contributed by atoms with E-state index < -0.39 is 0 Å². The van der Waals surface area contributed by atoms with Gasteiger partial charge in [0.2, 0.25) is 5.91 Å². The van der Waals surface area contributed by atoms with Gasteiger partial charge in [0.25, 0.3) is 0 Å². The number of carbonyl (C=O) groups excluding carboxylic acids is 2. The summed E-state index contributed by atoms with van der Waals surface area (Å²) < 4.78 is 6.53. The first kappa shape index (κ1) is 16.7. The minimum Gasteiger partial charge on any atom is -0.462 e. The fourth-order valence-electron chi connectivity index (χ4n) is 3.06. The van der Waals surface area contributed by atoms with Crippen LogP contribution in [0.25, 0.3) is 10.2 Å². The molecule has 6 heteroatoms. The summed E-state index contributed by atoms with van der Waals surface area (Å²) in [7, 11) is 0. The van der Waals surface area contributed by atoms with Gasteiger partial charge >= 0.3 is 5.97 Å². The van der Waals surface area contributed by atoms with Crippen molar-refractivity contribution in [2.75, 3.05) is 18.1 Å². The Morgan fingerprint density at radius 3 is 2.88 bits per heavy atom. The number of thiazole rings is 1.